The second-order valence-electron chi connectivity index (χ2n) is 4.81. The van der Waals surface area contributed by atoms with Gasteiger partial charge in [0.2, 0.25) is 11.8 Å². The van der Waals surface area contributed by atoms with Crippen molar-refractivity contribution in [2.75, 3.05) is 0 Å². The summed E-state index contributed by atoms with van der Waals surface area (Å²) in [6.45, 7) is 4.42. The lowest BCUT2D eigenvalue weighted by atomic mass is 9.83. The van der Waals surface area contributed by atoms with Crippen molar-refractivity contribution >= 4 is 15.9 Å². The molecular formula is C12H19BrN2O. The molecule has 1 heterocycles. The minimum Gasteiger partial charge on any atom is -0.424 e. The van der Waals surface area contributed by atoms with Crippen LogP contribution in [0.5, 0.6) is 0 Å². The molecule has 1 aromatic heterocycles. The van der Waals surface area contributed by atoms with E-state index in [1.54, 1.807) is 0 Å². The van der Waals surface area contributed by atoms with Crippen molar-refractivity contribution < 1.29 is 4.42 Å². The molecule has 0 aliphatic heterocycles. The summed E-state index contributed by atoms with van der Waals surface area (Å²) in [5, 5.41) is 8.30. The summed E-state index contributed by atoms with van der Waals surface area (Å²) in [5.41, 5.74) is 0. The number of aromatic nitrogens is 2. The van der Waals surface area contributed by atoms with Crippen LogP contribution in [0, 0.1) is 5.92 Å². The second-order valence-corrected chi connectivity index (χ2v) is 5.92. The Morgan fingerprint density at radius 1 is 1.31 bits per heavy atom. The van der Waals surface area contributed by atoms with E-state index in [4.69, 9.17) is 4.42 Å². The summed E-state index contributed by atoms with van der Waals surface area (Å²) < 4.78 is 5.74. The van der Waals surface area contributed by atoms with E-state index >= 15 is 0 Å². The number of halogens is 1. The Hall–Kier alpha value is -0.380. The molecule has 1 atom stereocenters. The standard InChI is InChI=1S/C12H19BrN2O/c1-3-10(13)12-15-14-11(16-12)9-6-4-8(2)5-7-9/h8-10H,3-7H2,1-2H3. The van der Waals surface area contributed by atoms with Crippen LogP contribution in [-0.4, -0.2) is 10.2 Å². The molecule has 0 amide bonds. The van der Waals surface area contributed by atoms with Gasteiger partial charge in [0.05, 0.1) is 4.83 Å². The van der Waals surface area contributed by atoms with Gasteiger partial charge < -0.3 is 4.42 Å². The molecule has 1 aliphatic carbocycles. The maximum absolute atomic E-state index is 5.74. The van der Waals surface area contributed by atoms with Crippen LogP contribution in [0.25, 0.3) is 0 Å². The van der Waals surface area contributed by atoms with Crippen molar-refractivity contribution in [3.63, 3.8) is 0 Å². The Balaban J connectivity index is 2.01. The van der Waals surface area contributed by atoms with Gasteiger partial charge in [-0.3, -0.25) is 0 Å². The Kier molecular flexibility index (Phi) is 4.00. The normalized spacial score (nSPS) is 27.9. The SMILES string of the molecule is CCC(Br)c1nnc(C2CCC(C)CC2)o1. The number of alkyl halides is 1. The summed E-state index contributed by atoms with van der Waals surface area (Å²) in [6.07, 6.45) is 5.94. The van der Waals surface area contributed by atoms with E-state index in [2.05, 4.69) is 40.0 Å². The zero-order valence-corrected chi connectivity index (χ0v) is 11.5. The Labute approximate surface area is 105 Å². The topological polar surface area (TPSA) is 38.9 Å². The molecule has 90 valence electrons. The predicted octanol–water partition coefficient (Wildman–Crippen LogP) is 4.21. The van der Waals surface area contributed by atoms with Crippen molar-refractivity contribution in [3.05, 3.63) is 11.8 Å². The predicted molar refractivity (Wildman–Crippen MR) is 66.6 cm³/mol. The fourth-order valence-corrected chi connectivity index (χ4v) is 2.40. The highest BCUT2D eigenvalue weighted by Gasteiger charge is 2.25. The van der Waals surface area contributed by atoms with Gasteiger partial charge in [0, 0.05) is 5.92 Å². The van der Waals surface area contributed by atoms with Crippen LogP contribution >= 0.6 is 15.9 Å². The van der Waals surface area contributed by atoms with Crippen molar-refractivity contribution in [3.8, 4) is 0 Å². The molecule has 1 fully saturated rings. The quantitative estimate of drug-likeness (QED) is 0.782. The number of hydrogen-bond acceptors (Lipinski definition) is 3. The van der Waals surface area contributed by atoms with Gasteiger partial charge in [-0.2, -0.15) is 0 Å². The lowest BCUT2D eigenvalue weighted by Gasteiger charge is -2.23. The number of rotatable bonds is 3. The van der Waals surface area contributed by atoms with Gasteiger partial charge in [0.1, 0.15) is 0 Å². The van der Waals surface area contributed by atoms with E-state index in [9.17, 15) is 0 Å². The van der Waals surface area contributed by atoms with E-state index in [0.717, 1.165) is 24.1 Å². The maximum atomic E-state index is 5.74. The van der Waals surface area contributed by atoms with Crippen LogP contribution in [0.2, 0.25) is 0 Å². The monoisotopic (exact) mass is 286 g/mol. The summed E-state index contributed by atoms with van der Waals surface area (Å²) in [5.74, 6) is 2.93. The first-order valence-corrected chi connectivity index (χ1v) is 7.09. The average Bonchev–Trinajstić information content (AvgIpc) is 2.78. The van der Waals surface area contributed by atoms with Crippen LogP contribution in [0.4, 0.5) is 0 Å². The molecule has 16 heavy (non-hydrogen) atoms. The second kappa shape index (κ2) is 5.30. The van der Waals surface area contributed by atoms with Gasteiger partial charge in [-0.1, -0.05) is 29.8 Å². The first kappa shape index (κ1) is 12.1. The van der Waals surface area contributed by atoms with Crippen molar-refractivity contribution in [2.45, 2.75) is 56.7 Å². The van der Waals surface area contributed by atoms with Gasteiger partial charge in [-0.15, -0.1) is 10.2 Å². The van der Waals surface area contributed by atoms with Gasteiger partial charge in [0.25, 0.3) is 0 Å². The summed E-state index contributed by atoms with van der Waals surface area (Å²) in [7, 11) is 0. The minimum atomic E-state index is 0.205. The Morgan fingerprint density at radius 2 is 2.00 bits per heavy atom. The van der Waals surface area contributed by atoms with Gasteiger partial charge in [-0.05, 0) is 38.0 Å². The smallest absolute Gasteiger partial charge is 0.230 e. The van der Waals surface area contributed by atoms with Crippen molar-refractivity contribution in [1.82, 2.24) is 10.2 Å². The highest BCUT2D eigenvalue weighted by molar-refractivity contribution is 9.09. The number of hydrogen-bond donors (Lipinski definition) is 0. The zero-order valence-electron chi connectivity index (χ0n) is 9.95. The third-order valence-electron chi connectivity index (χ3n) is 3.45. The summed E-state index contributed by atoms with van der Waals surface area (Å²) >= 11 is 3.54. The molecule has 1 aromatic rings. The Morgan fingerprint density at radius 3 is 2.62 bits per heavy atom. The zero-order chi connectivity index (χ0) is 11.5. The molecule has 0 spiro atoms. The molecule has 1 saturated carbocycles. The fraction of sp³-hybridized carbons (Fsp3) is 0.833. The third kappa shape index (κ3) is 2.65. The van der Waals surface area contributed by atoms with Crippen LogP contribution < -0.4 is 0 Å². The number of nitrogens with zero attached hydrogens (tertiary/aromatic N) is 2. The highest BCUT2D eigenvalue weighted by atomic mass is 79.9. The van der Waals surface area contributed by atoms with Gasteiger partial charge in [0.15, 0.2) is 0 Å². The van der Waals surface area contributed by atoms with E-state index < -0.39 is 0 Å². The first-order valence-electron chi connectivity index (χ1n) is 6.18. The van der Waals surface area contributed by atoms with Crippen LogP contribution in [0.3, 0.4) is 0 Å². The molecular weight excluding hydrogens is 268 g/mol. The van der Waals surface area contributed by atoms with E-state index in [1.807, 2.05) is 0 Å². The largest absolute Gasteiger partial charge is 0.424 e. The van der Waals surface area contributed by atoms with E-state index in [-0.39, 0.29) is 4.83 Å². The van der Waals surface area contributed by atoms with Crippen molar-refractivity contribution in [1.29, 1.82) is 0 Å². The van der Waals surface area contributed by atoms with Gasteiger partial charge >= 0.3 is 0 Å². The van der Waals surface area contributed by atoms with E-state index in [0.29, 0.717) is 5.92 Å². The molecule has 0 saturated heterocycles. The third-order valence-corrected chi connectivity index (χ3v) is 4.49. The van der Waals surface area contributed by atoms with Crippen molar-refractivity contribution in [2.24, 2.45) is 5.92 Å². The van der Waals surface area contributed by atoms with Crippen LogP contribution in [0.1, 0.15) is 68.5 Å². The molecule has 2 rings (SSSR count). The van der Waals surface area contributed by atoms with Crippen LogP contribution in [0.15, 0.2) is 4.42 Å². The summed E-state index contributed by atoms with van der Waals surface area (Å²) in [4.78, 5) is 0.205. The Bertz CT molecular complexity index is 332. The van der Waals surface area contributed by atoms with E-state index in [1.165, 1.54) is 25.7 Å². The fourth-order valence-electron chi connectivity index (χ4n) is 2.22. The lowest BCUT2D eigenvalue weighted by molar-refractivity contribution is 0.302. The molecule has 1 unspecified atom stereocenters. The molecule has 3 nitrogen and oxygen atoms in total. The highest BCUT2D eigenvalue weighted by Crippen LogP contribution is 2.36. The average molecular weight is 287 g/mol. The molecule has 0 N–H and O–H groups in total. The molecule has 0 bridgehead atoms. The molecule has 1 aliphatic rings. The maximum Gasteiger partial charge on any atom is 0.230 e. The lowest BCUT2D eigenvalue weighted by Crippen LogP contribution is -2.11. The minimum absolute atomic E-state index is 0.205. The summed E-state index contributed by atoms with van der Waals surface area (Å²) in [6, 6.07) is 0. The first-order chi connectivity index (χ1) is 7.70. The molecule has 0 radical (unpaired) electrons. The van der Waals surface area contributed by atoms with Crippen LogP contribution in [-0.2, 0) is 0 Å². The molecule has 4 heteroatoms. The molecule has 0 aromatic carbocycles. The van der Waals surface area contributed by atoms with Gasteiger partial charge in [-0.25, -0.2) is 0 Å².